The first kappa shape index (κ1) is 18.3. The number of nitrogens with one attached hydrogen (secondary N) is 2. The van der Waals surface area contributed by atoms with Gasteiger partial charge in [-0.25, -0.2) is 0 Å². The van der Waals surface area contributed by atoms with Crippen LogP contribution in [0.2, 0.25) is 0 Å². The van der Waals surface area contributed by atoms with Gasteiger partial charge in [-0.3, -0.25) is 9.59 Å². The topological polar surface area (TPSA) is 93.4 Å². The maximum absolute atomic E-state index is 12.6. The Labute approximate surface area is 143 Å². The summed E-state index contributed by atoms with van der Waals surface area (Å²) in [7, 11) is 0. The fraction of sp³-hybridized carbons (Fsp3) is 0.556. The summed E-state index contributed by atoms with van der Waals surface area (Å²) in [5.41, 5.74) is 6.16. The highest BCUT2D eigenvalue weighted by atomic mass is 16.5. The quantitative estimate of drug-likeness (QED) is 0.736. The second kappa shape index (κ2) is 9.93. The van der Waals surface area contributed by atoms with Crippen molar-refractivity contribution in [1.29, 1.82) is 0 Å². The molecule has 1 heterocycles. The van der Waals surface area contributed by atoms with E-state index in [0.717, 1.165) is 32.1 Å². The van der Waals surface area contributed by atoms with Gasteiger partial charge in [-0.05, 0) is 57.2 Å². The van der Waals surface area contributed by atoms with Gasteiger partial charge in [-0.2, -0.15) is 0 Å². The fourth-order valence-corrected chi connectivity index (χ4v) is 2.69. The molecule has 0 saturated carbocycles. The van der Waals surface area contributed by atoms with Gasteiger partial charge in [0.2, 0.25) is 11.8 Å². The molecule has 1 aromatic carbocycles. The Morgan fingerprint density at radius 1 is 1.12 bits per heavy atom. The van der Waals surface area contributed by atoms with Gasteiger partial charge in [-0.15, -0.1) is 0 Å². The largest absolute Gasteiger partial charge is 0.491 e. The van der Waals surface area contributed by atoms with Crippen LogP contribution in [-0.4, -0.2) is 31.0 Å². The van der Waals surface area contributed by atoms with Crippen molar-refractivity contribution in [3.8, 4) is 5.75 Å². The molecule has 0 radical (unpaired) electrons. The number of hydrogen-bond donors (Lipinski definition) is 3. The van der Waals surface area contributed by atoms with Crippen LogP contribution in [0.25, 0.3) is 0 Å². The number of hydrogen-bond acceptors (Lipinski definition) is 4. The summed E-state index contributed by atoms with van der Waals surface area (Å²) in [5.74, 6) is 0.379. The van der Waals surface area contributed by atoms with Crippen molar-refractivity contribution in [1.82, 2.24) is 5.32 Å². The van der Waals surface area contributed by atoms with Crippen LogP contribution in [0.4, 0.5) is 5.69 Å². The third-order valence-corrected chi connectivity index (χ3v) is 4.05. The molecule has 1 atom stereocenters. The zero-order valence-corrected chi connectivity index (χ0v) is 14.1. The monoisotopic (exact) mass is 333 g/mol. The van der Waals surface area contributed by atoms with Crippen LogP contribution in [0.15, 0.2) is 24.3 Å². The van der Waals surface area contributed by atoms with Crippen molar-refractivity contribution >= 4 is 17.5 Å². The molecule has 1 aliphatic rings. The molecule has 0 aliphatic carbocycles. The van der Waals surface area contributed by atoms with Crippen LogP contribution in [-0.2, 0) is 9.59 Å². The van der Waals surface area contributed by atoms with Gasteiger partial charge in [0.1, 0.15) is 11.8 Å². The molecule has 6 nitrogen and oxygen atoms in total. The number of unbranched alkanes of at least 4 members (excludes halogenated alkanes) is 1. The summed E-state index contributed by atoms with van der Waals surface area (Å²) in [5, 5.41) is 5.75. The highest BCUT2D eigenvalue weighted by Gasteiger charge is 2.21. The highest BCUT2D eigenvalue weighted by Crippen LogP contribution is 2.24. The van der Waals surface area contributed by atoms with E-state index < -0.39 is 6.04 Å². The number of para-hydroxylation sites is 2. The van der Waals surface area contributed by atoms with Gasteiger partial charge < -0.3 is 21.1 Å². The standard InChI is InChI=1S/C18H27N3O3/c19-12-6-5-9-15-18(23)21-14-8-3-4-10-16(14)24-13-7-1-2-11-17(22)20-15/h3-4,8,10,15H,1-2,5-7,9,11-13,19H2,(H,20,22)(H,21,23)/t15-/m0/s1. The van der Waals surface area contributed by atoms with Gasteiger partial charge in [0.05, 0.1) is 12.3 Å². The predicted molar refractivity (Wildman–Crippen MR) is 93.9 cm³/mol. The zero-order valence-electron chi connectivity index (χ0n) is 14.1. The summed E-state index contributed by atoms with van der Waals surface area (Å²) in [6.45, 7) is 1.16. The maximum Gasteiger partial charge on any atom is 0.247 e. The van der Waals surface area contributed by atoms with Crippen LogP contribution >= 0.6 is 0 Å². The predicted octanol–water partition coefficient (Wildman–Crippen LogP) is 2.19. The smallest absolute Gasteiger partial charge is 0.247 e. The first-order valence-electron chi connectivity index (χ1n) is 8.73. The minimum absolute atomic E-state index is 0.0728. The SMILES string of the molecule is NCCCC[C@@H]1NC(=O)CCCCCOc2ccccc2NC1=O. The lowest BCUT2D eigenvalue weighted by Crippen LogP contribution is -2.43. The van der Waals surface area contributed by atoms with Crippen molar-refractivity contribution < 1.29 is 14.3 Å². The molecule has 0 aromatic heterocycles. The molecule has 0 spiro atoms. The van der Waals surface area contributed by atoms with Crippen molar-refractivity contribution in [3.63, 3.8) is 0 Å². The minimum Gasteiger partial charge on any atom is -0.491 e. The van der Waals surface area contributed by atoms with Crippen molar-refractivity contribution in [3.05, 3.63) is 24.3 Å². The van der Waals surface area contributed by atoms with Crippen molar-refractivity contribution in [2.75, 3.05) is 18.5 Å². The number of ether oxygens (including phenoxy) is 1. The lowest BCUT2D eigenvalue weighted by atomic mass is 10.1. The minimum atomic E-state index is -0.544. The molecule has 2 amide bonds. The molecule has 132 valence electrons. The summed E-state index contributed by atoms with van der Waals surface area (Å²) < 4.78 is 5.77. The Hall–Kier alpha value is -2.08. The third kappa shape index (κ3) is 5.85. The van der Waals surface area contributed by atoms with Gasteiger partial charge >= 0.3 is 0 Å². The number of amides is 2. The molecular weight excluding hydrogens is 306 g/mol. The first-order chi connectivity index (χ1) is 11.7. The summed E-state index contributed by atoms with van der Waals surface area (Å²) in [6.07, 6.45) is 5.26. The van der Waals surface area contributed by atoms with E-state index in [1.807, 2.05) is 24.3 Å². The average molecular weight is 333 g/mol. The van der Waals surface area contributed by atoms with E-state index in [0.29, 0.717) is 37.4 Å². The molecule has 1 aromatic rings. The lowest BCUT2D eigenvalue weighted by Gasteiger charge is -2.19. The molecule has 0 fully saturated rings. The molecule has 0 saturated heterocycles. The second-order valence-electron chi connectivity index (χ2n) is 6.05. The number of rotatable bonds is 4. The molecule has 24 heavy (non-hydrogen) atoms. The molecule has 6 heteroatoms. The Morgan fingerprint density at radius 3 is 2.79 bits per heavy atom. The van der Waals surface area contributed by atoms with E-state index in [1.165, 1.54) is 0 Å². The summed E-state index contributed by atoms with van der Waals surface area (Å²) in [6, 6.07) is 6.84. The van der Waals surface area contributed by atoms with Gasteiger partial charge in [0.25, 0.3) is 0 Å². The zero-order chi connectivity index (χ0) is 17.2. The van der Waals surface area contributed by atoms with E-state index in [2.05, 4.69) is 10.6 Å². The number of nitrogens with two attached hydrogens (primary N) is 1. The van der Waals surface area contributed by atoms with Gasteiger partial charge in [-0.1, -0.05) is 12.1 Å². The molecular formula is C18H27N3O3. The third-order valence-electron chi connectivity index (χ3n) is 4.05. The molecule has 1 aliphatic heterocycles. The van der Waals surface area contributed by atoms with Gasteiger partial charge in [0, 0.05) is 6.42 Å². The van der Waals surface area contributed by atoms with Gasteiger partial charge in [0.15, 0.2) is 0 Å². The van der Waals surface area contributed by atoms with E-state index in [4.69, 9.17) is 10.5 Å². The maximum atomic E-state index is 12.6. The normalized spacial score (nSPS) is 19.6. The molecule has 0 bridgehead atoms. The second-order valence-corrected chi connectivity index (χ2v) is 6.05. The Balaban J connectivity index is 2.13. The highest BCUT2D eigenvalue weighted by molar-refractivity contribution is 5.98. The van der Waals surface area contributed by atoms with Crippen molar-refractivity contribution in [2.24, 2.45) is 5.73 Å². The number of carbonyl (C=O) groups excluding carboxylic acids is 2. The van der Waals surface area contributed by atoms with E-state index in [-0.39, 0.29) is 11.8 Å². The number of anilines is 1. The fourth-order valence-electron chi connectivity index (χ4n) is 2.69. The molecule has 0 unspecified atom stereocenters. The van der Waals surface area contributed by atoms with Crippen LogP contribution in [0.1, 0.15) is 44.9 Å². The van der Waals surface area contributed by atoms with Crippen LogP contribution in [0.3, 0.4) is 0 Å². The summed E-state index contributed by atoms with van der Waals surface area (Å²) >= 11 is 0. The Morgan fingerprint density at radius 2 is 1.96 bits per heavy atom. The Kier molecular flexibility index (Phi) is 7.55. The van der Waals surface area contributed by atoms with Crippen LogP contribution in [0.5, 0.6) is 5.75 Å². The Bertz CT molecular complexity index is 548. The van der Waals surface area contributed by atoms with E-state index in [9.17, 15) is 9.59 Å². The van der Waals surface area contributed by atoms with E-state index in [1.54, 1.807) is 0 Å². The lowest BCUT2D eigenvalue weighted by molar-refractivity contribution is -0.126. The average Bonchev–Trinajstić information content (AvgIpc) is 2.58. The first-order valence-corrected chi connectivity index (χ1v) is 8.73. The molecule has 4 N–H and O–H groups in total. The number of fused-ring (bicyclic) bond motifs is 1. The number of benzene rings is 1. The summed E-state index contributed by atoms with van der Waals surface area (Å²) in [4.78, 5) is 24.7. The van der Waals surface area contributed by atoms with Crippen LogP contribution < -0.4 is 21.1 Å². The van der Waals surface area contributed by atoms with Crippen molar-refractivity contribution in [2.45, 2.75) is 51.0 Å². The van der Waals surface area contributed by atoms with Crippen LogP contribution in [0, 0.1) is 0 Å². The van der Waals surface area contributed by atoms with E-state index >= 15 is 0 Å². The molecule has 2 rings (SSSR count). The number of carbonyl (C=O) groups is 2.